The van der Waals surface area contributed by atoms with Crippen LogP contribution < -0.4 is 11.1 Å². The van der Waals surface area contributed by atoms with Crippen molar-refractivity contribution in [2.24, 2.45) is 0 Å². The molecule has 0 aliphatic carbocycles. The molecule has 0 heterocycles. The van der Waals surface area contributed by atoms with Crippen LogP contribution >= 0.6 is 23.2 Å². The van der Waals surface area contributed by atoms with Gasteiger partial charge in [0, 0.05) is 11.7 Å². The van der Waals surface area contributed by atoms with E-state index in [0.717, 1.165) is 0 Å². The number of carbonyl (C=O) groups is 1. The van der Waals surface area contributed by atoms with Crippen molar-refractivity contribution < 1.29 is 9.90 Å². The number of rotatable bonds is 3. The summed E-state index contributed by atoms with van der Waals surface area (Å²) in [4.78, 5) is 11.7. The van der Waals surface area contributed by atoms with Gasteiger partial charge in [0.1, 0.15) is 0 Å². The van der Waals surface area contributed by atoms with Crippen molar-refractivity contribution in [2.75, 3.05) is 12.3 Å². The van der Waals surface area contributed by atoms with Gasteiger partial charge in [0.2, 0.25) is 0 Å². The van der Waals surface area contributed by atoms with Crippen molar-refractivity contribution in [3.8, 4) is 0 Å². The van der Waals surface area contributed by atoms with Crippen molar-refractivity contribution in [3.63, 3.8) is 0 Å². The second-order valence-electron chi connectivity index (χ2n) is 3.42. The predicted octanol–water partition coefficient (Wildman–Crippen LogP) is 1.69. The Kier molecular flexibility index (Phi) is 4.41. The molecule has 1 atom stereocenters. The monoisotopic (exact) mass is 262 g/mol. The van der Waals surface area contributed by atoms with E-state index in [1.165, 1.54) is 12.1 Å². The molecule has 1 aromatic carbocycles. The number of aliphatic hydroxyl groups is 1. The number of anilines is 1. The zero-order valence-electron chi connectivity index (χ0n) is 8.63. The summed E-state index contributed by atoms with van der Waals surface area (Å²) in [6.07, 6.45) is 0. The van der Waals surface area contributed by atoms with E-state index in [-0.39, 0.29) is 28.3 Å². The van der Waals surface area contributed by atoms with E-state index >= 15 is 0 Å². The second-order valence-corrected chi connectivity index (χ2v) is 4.21. The van der Waals surface area contributed by atoms with E-state index in [4.69, 9.17) is 34.0 Å². The number of benzene rings is 1. The Labute approximate surface area is 103 Å². The molecular weight excluding hydrogens is 251 g/mol. The van der Waals surface area contributed by atoms with Gasteiger partial charge in [-0.2, -0.15) is 0 Å². The molecule has 0 unspecified atom stereocenters. The van der Waals surface area contributed by atoms with Crippen LogP contribution in [0.25, 0.3) is 0 Å². The lowest BCUT2D eigenvalue weighted by Crippen LogP contribution is -2.35. The number of carbonyl (C=O) groups excluding carboxylic acids is 1. The van der Waals surface area contributed by atoms with E-state index in [0.29, 0.717) is 5.69 Å². The van der Waals surface area contributed by atoms with Gasteiger partial charge in [-0.3, -0.25) is 4.79 Å². The van der Waals surface area contributed by atoms with E-state index in [1.54, 1.807) is 6.92 Å². The van der Waals surface area contributed by atoms with Gasteiger partial charge in [-0.05, 0) is 19.1 Å². The third kappa shape index (κ3) is 3.01. The van der Waals surface area contributed by atoms with E-state index in [1.807, 2.05) is 0 Å². The molecule has 0 saturated carbocycles. The van der Waals surface area contributed by atoms with Crippen LogP contribution in [0.1, 0.15) is 17.3 Å². The van der Waals surface area contributed by atoms with Gasteiger partial charge in [0.25, 0.3) is 5.91 Å². The van der Waals surface area contributed by atoms with Gasteiger partial charge in [-0.25, -0.2) is 0 Å². The topological polar surface area (TPSA) is 75.3 Å². The average molecular weight is 263 g/mol. The maximum Gasteiger partial charge on any atom is 0.253 e. The Hall–Kier alpha value is -0.970. The van der Waals surface area contributed by atoms with E-state index in [9.17, 15) is 4.79 Å². The summed E-state index contributed by atoms with van der Waals surface area (Å²) in [5, 5.41) is 11.7. The molecule has 1 amide bonds. The lowest BCUT2D eigenvalue weighted by atomic mass is 10.1. The van der Waals surface area contributed by atoms with Gasteiger partial charge >= 0.3 is 0 Å². The Morgan fingerprint density at radius 1 is 1.56 bits per heavy atom. The molecule has 0 aliphatic rings. The quantitative estimate of drug-likeness (QED) is 0.726. The number of hydrogen-bond acceptors (Lipinski definition) is 3. The molecule has 0 fully saturated rings. The van der Waals surface area contributed by atoms with Gasteiger partial charge in [-0.1, -0.05) is 23.2 Å². The largest absolute Gasteiger partial charge is 0.399 e. The molecule has 88 valence electrons. The van der Waals surface area contributed by atoms with Crippen LogP contribution in [0.15, 0.2) is 12.1 Å². The summed E-state index contributed by atoms with van der Waals surface area (Å²) in [5.74, 6) is -0.416. The van der Waals surface area contributed by atoms with Crippen LogP contribution in [0.2, 0.25) is 10.0 Å². The van der Waals surface area contributed by atoms with Gasteiger partial charge in [-0.15, -0.1) is 0 Å². The van der Waals surface area contributed by atoms with Gasteiger partial charge < -0.3 is 16.2 Å². The molecule has 1 rings (SSSR count). The fourth-order valence-corrected chi connectivity index (χ4v) is 1.55. The van der Waals surface area contributed by atoms with Crippen LogP contribution in [-0.2, 0) is 0 Å². The standard InChI is InChI=1S/C10H12Cl2N2O2/c1-5(4-15)14-10(16)7-2-6(13)3-8(11)9(7)12/h2-3,5,15H,4,13H2,1H3,(H,14,16)/t5-/m0/s1. The first kappa shape index (κ1) is 13.1. The molecule has 1 aromatic rings. The number of aliphatic hydroxyl groups excluding tert-OH is 1. The fraction of sp³-hybridized carbons (Fsp3) is 0.300. The van der Waals surface area contributed by atoms with E-state index in [2.05, 4.69) is 5.32 Å². The SMILES string of the molecule is C[C@@H](CO)NC(=O)c1cc(N)cc(Cl)c1Cl. The highest BCUT2D eigenvalue weighted by Gasteiger charge is 2.15. The van der Waals surface area contributed by atoms with Gasteiger partial charge in [0.15, 0.2) is 0 Å². The molecule has 4 nitrogen and oxygen atoms in total. The number of nitrogen functional groups attached to an aromatic ring is 1. The maximum atomic E-state index is 11.7. The Morgan fingerprint density at radius 2 is 2.19 bits per heavy atom. The summed E-state index contributed by atoms with van der Waals surface area (Å²) >= 11 is 11.7. The van der Waals surface area contributed by atoms with Crippen LogP contribution in [0, 0.1) is 0 Å². The first-order valence-electron chi connectivity index (χ1n) is 4.62. The number of amides is 1. The van der Waals surface area contributed by atoms with Crippen molar-refractivity contribution in [3.05, 3.63) is 27.7 Å². The fourth-order valence-electron chi connectivity index (χ4n) is 1.12. The van der Waals surface area contributed by atoms with Crippen molar-refractivity contribution in [1.82, 2.24) is 5.32 Å². The van der Waals surface area contributed by atoms with Crippen LogP contribution in [0.5, 0.6) is 0 Å². The molecule has 6 heteroatoms. The molecule has 0 radical (unpaired) electrons. The number of halogens is 2. The molecule has 4 N–H and O–H groups in total. The minimum absolute atomic E-state index is 0.151. The zero-order chi connectivity index (χ0) is 12.3. The second kappa shape index (κ2) is 5.39. The smallest absolute Gasteiger partial charge is 0.253 e. The van der Waals surface area contributed by atoms with Crippen molar-refractivity contribution in [2.45, 2.75) is 13.0 Å². The van der Waals surface area contributed by atoms with E-state index < -0.39 is 5.91 Å². The van der Waals surface area contributed by atoms with Gasteiger partial charge in [0.05, 0.1) is 22.2 Å². The molecule has 0 saturated heterocycles. The number of nitrogens with two attached hydrogens (primary N) is 1. The molecular formula is C10H12Cl2N2O2. The first-order chi connectivity index (χ1) is 7.45. The Balaban J connectivity index is 2.99. The third-order valence-electron chi connectivity index (χ3n) is 1.95. The highest BCUT2D eigenvalue weighted by Crippen LogP contribution is 2.28. The summed E-state index contributed by atoms with van der Waals surface area (Å²) in [7, 11) is 0. The molecule has 0 spiro atoms. The minimum Gasteiger partial charge on any atom is -0.399 e. The molecule has 0 bridgehead atoms. The van der Waals surface area contributed by atoms with Crippen molar-refractivity contribution >= 4 is 34.8 Å². The normalized spacial score (nSPS) is 12.2. The molecule has 0 aromatic heterocycles. The van der Waals surface area contributed by atoms with Crippen LogP contribution in [0.3, 0.4) is 0 Å². The lowest BCUT2D eigenvalue weighted by Gasteiger charge is -2.12. The van der Waals surface area contributed by atoms with Crippen molar-refractivity contribution in [1.29, 1.82) is 0 Å². The van der Waals surface area contributed by atoms with Crippen LogP contribution in [-0.4, -0.2) is 23.7 Å². The summed E-state index contributed by atoms with van der Waals surface area (Å²) in [6.45, 7) is 1.51. The lowest BCUT2D eigenvalue weighted by molar-refractivity contribution is 0.0922. The highest BCUT2D eigenvalue weighted by atomic mass is 35.5. The first-order valence-corrected chi connectivity index (χ1v) is 5.37. The highest BCUT2D eigenvalue weighted by molar-refractivity contribution is 6.44. The summed E-state index contributed by atoms with van der Waals surface area (Å²) in [6, 6.07) is 2.55. The molecule has 0 aliphatic heterocycles. The zero-order valence-corrected chi connectivity index (χ0v) is 10.1. The Morgan fingerprint density at radius 3 is 2.75 bits per heavy atom. The number of hydrogen-bond donors (Lipinski definition) is 3. The third-order valence-corrected chi connectivity index (χ3v) is 2.75. The summed E-state index contributed by atoms with van der Waals surface area (Å²) in [5.41, 5.74) is 6.12. The summed E-state index contributed by atoms with van der Waals surface area (Å²) < 4.78 is 0. The predicted molar refractivity (Wildman–Crippen MR) is 64.9 cm³/mol. The maximum absolute atomic E-state index is 11.7. The average Bonchev–Trinajstić information content (AvgIpc) is 2.22. The number of nitrogens with one attached hydrogen (secondary N) is 1. The Bertz CT molecular complexity index is 410. The molecule has 16 heavy (non-hydrogen) atoms. The van der Waals surface area contributed by atoms with Crippen LogP contribution in [0.4, 0.5) is 5.69 Å². The minimum atomic E-state index is -0.416.